The second-order valence-corrected chi connectivity index (χ2v) is 3.02. The maximum Gasteiger partial charge on any atom is 0.333 e. The van der Waals surface area contributed by atoms with Crippen molar-refractivity contribution in [3.63, 3.8) is 0 Å². The summed E-state index contributed by atoms with van der Waals surface area (Å²) in [5.74, 6) is -1.41. The van der Waals surface area contributed by atoms with E-state index in [2.05, 4.69) is 16.1 Å². The molecule has 88 valence electrons. The van der Waals surface area contributed by atoms with Crippen molar-refractivity contribution in [3.8, 4) is 0 Å². The Labute approximate surface area is 113 Å². The molecule has 0 fully saturated rings. The molecule has 5 nitrogen and oxygen atoms in total. The Morgan fingerprint density at radius 1 is 1.06 bits per heavy atom. The van der Waals surface area contributed by atoms with Gasteiger partial charge in [0.25, 0.3) is 0 Å². The summed E-state index contributed by atoms with van der Waals surface area (Å²) in [6.07, 6.45) is -0.256. The molecule has 0 aromatic carbocycles. The number of carbonyl (C=O) groups is 3. The van der Waals surface area contributed by atoms with Gasteiger partial charge in [-0.3, -0.25) is 9.59 Å². The summed E-state index contributed by atoms with van der Waals surface area (Å²) in [4.78, 5) is 32.2. The van der Waals surface area contributed by atoms with Crippen LogP contribution < -0.4 is 0 Å². The van der Waals surface area contributed by atoms with E-state index in [0.29, 0.717) is 0 Å². The first-order chi connectivity index (χ1) is 6.93. The number of Topliss-reactive ketones (excluding diaryl/α,β-unsaturated/α-hetero) is 1. The fourth-order valence-corrected chi connectivity index (χ4v) is 0.667. The van der Waals surface area contributed by atoms with Crippen molar-refractivity contribution in [2.75, 3.05) is 13.2 Å². The molecule has 0 aromatic rings. The molecule has 0 radical (unpaired) electrons. The SMILES string of the molecule is C=C(C)C(=O)OCCOC(=O)CC(C)=O.[Zr]. The van der Waals surface area contributed by atoms with E-state index in [1.54, 1.807) is 0 Å². The van der Waals surface area contributed by atoms with Crippen LogP contribution in [0.1, 0.15) is 20.3 Å². The van der Waals surface area contributed by atoms with Crippen LogP contribution in [0.25, 0.3) is 0 Å². The maximum absolute atomic E-state index is 10.8. The van der Waals surface area contributed by atoms with Gasteiger partial charge in [0.15, 0.2) is 0 Å². The van der Waals surface area contributed by atoms with Crippen molar-refractivity contribution in [1.29, 1.82) is 0 Å². The van der Waals surface area contributed by atoms with E-state index in [9.17, 15) is 14.4 Å². The molecule has 0 aliphatic carbocycles. The predicted molar refractivity (Wildman–Crippen MR) is 52.0 cm³/mol. The molecule has 0 heterocycles. The van der Waals surface area contributed by atoms with Gasteiger partial charge in [0.05, 0.1) is 0 Å². The third-order valence-electron chi connectivity index (χ3n) is 1.32. The Hall–Kier alpha value is -0.767. The van der Waals surface area contributed by atoms with Crippen LogP contribution in [-0.4, -0.2) is 30.9 Å². The van der Waals surface area contributed by atoms with E-state index in [-0.39, 0.29) is 57.2 Å². The van der Waals surface area contributed by atoms with Gasteiger partial charge in [-0.05, 0) is 13.8 Å². The quantitative estimate of drug-likeness (QED) is 0.311. The van der Waals surface area contributed by atoms with Crippen LogP contribution in [0.5, 0.6) is 0 Å². The number of hydrogen-bond acceptors (Lipinski definition) is 5. The average Bonchev–Trinajstić information content (AvgIpc) is 2.10. The van der Waals surface area contributed by atoms with Crippen molar-refractivity contribution < 1.29 is 50.1 Å². The molecule has 0 spiro atoms. The minimum absolute atomic E-state index is 0. The molecule has 0 unspecified atom stereocenters. The van der Waals surface area contributed by atoms with E-state index in [4.69, 9.17) is 0 Å². The van der Waals surface area contributed by atoms with Gasteiger partial charge in [0.1, 0.15) is 25.4 Å². The Morgan fingerprint density at radius 2 is 1.56 bits per heavy atom. The zero-order valence-electron chi connectivity index (χ0n) is 9.37. The Balaban J connectivity index is 0. The van der Waals surface area contributed by atoms with Crippen molar-refractivity contribution in [2.24, 2.45) is 0 Å². The molecular formula is C10H14O5Zr. The Morgan fingerprint density at radius 3 is 2.00 bits per heavy atom. The summed E-state index contributed by atoms with van der Waals surface area (Å²) in [5, 5.41) is 0. The third kappa shape index (κ3) is 9.78. The molecule has 0 bridgehead atoms. The maximum atomic E-state index is 10.8. The molecule has 0 saturated carbocycles. The van der Waals surface area contributed by atoms with Gasteiger partial charge in [-0.15, -0.1) is 0 Å². The summed E-state index contributed by atoms with van der Waals surface area (Å²) in [6.45, 7) is 6.11. The monoisotopic (exact) mass is 304 g/mol. The zero-order valence-corrected chi connectivity index (χ0v) is 11.8. The van der Waals surface area contributed by atoms with E-state index < -0.39 is 11.9 Å². The number of carbonyl (C=O) groups excluding carboxylic acids is 3. The standard InChI is InChI=1S/C10H14O5.Zr/c1-7(2)10(13)15-5-4-14-9(12)6-8(3)11;/h1,4-6H2,2-3H3;. The van der Waals surface area contributed by atoms with Gasteiger partial charge in [0.2, 0.25) is 0 Å². The topological polar surface area (TPSA) is 69.7 Å². The smallest absolute Gasteiger partial charge is 0.333 e. The third-order valence-corrected chi connectivity index (χ3v) is 1.32. The van der Waals surface area contributed by atoms with Gasteiger partial charge in [-0.25, -0.2) is 4.79 Å². The first-order valence-electron chi connectivity index (χ1n) is 4.41. The summed E-state index contributed by atoms with van der Waals surface area (Å²) in [6, 6.07) is 0. The van der Waals surface area contributed by atoms with Crippen molar-refractivity contribution in [3.05, 3.63) is 12.2 Å². The van der Waals surface area contributed by atoms with Gasteiger partial charge in [0, 0.05) is 31.8 Å². The minimum atomic E-state index is -0.617. The van der Waals surface area contributed by atoms with Crippen molar-refractivity contribution in [1.82, 2.24) is 0 Å². The van der Waals surface area contributed by atoms with Crippen LogP contribution in [0.2, 0.25) is 0 Å². The average molecular weight is 305 g/mol. The number of esters is 2. The predicted octanol–water partition coefficient (Wildman–Crippen LogP) is 0.625. The number of rotatable bonds is 6. The van der Waals surface area contributed by atoms with E-state index >= 15 is 0 Å². The van der Waals surface area contributed by atoms with Crippen LogP contribution in [0.15, 0.2) is 12.2 Å². The van der Waals surface area contributed by atoms with Crippen molar-refractivity contribution >= 4 is 17.7 Å². The van der Waals surface area contributed by atoms with Gasteiger partial charge in [-0.1, -0.05) is 6.58 Å². The van der Waals surface area contributed by atoms with E-state index in [1.165, 1.54) is 13.8 Å². The molecule has 0 rings (SSSR count). The molecule has 0 aliphatic rings. The molecular weight excluding hydrogens is 291 g/mol. The van der Waals surface area contributed by atoms with Gasteiger partial charge in [-0.2, -0.15) is 0 Å². The van der Waals surface area contributed by atoms with Gasteiger partial charge < -0.3 is 9.47 Å². The molecule has 0 aliphatic heterocycles. The summed E-state index contributed by atoms with van der Waals surface area (Å²) >= 11 is 0. The first-order valence-corrected chi connectivity index (χ1v) is 4.41. The van der Waals surface area contributed by atoms with Crippen LogP contribution >= 0.6 is 0 Å². The Kier molecular flexibility index (Phi) is 10.4. The molecule has 0 saturated heterocycles. The molecule has 0 amide bonds. The van der Waals surface area contributed by atoms with E-state index in [1.807, 2.05) is 0 Å². The van der Waals surface area contributed by atoms with Crippen LogP contribution in [-0.2, 0) is 50.1 Å². The Bertz CT molecular complexity index is 285. The first kappa shape index (κ1) is 17.6. The zero-order chi connectivity index (χ0) is 11.8. The summed E-state index contributed by atoms with van der Waals surface area (Å²) < 4.78 is 9.27. The summed E-state index contributed by atoms with van der Waals surface area (Å²) in [5.41, 5.74) is 0.282. The molecule has 16 heavy (non-hydrogen) atoms. The largest absolute Gasteiger partial charge is 0.462 e. The number of hydrogen-bond donors (Lipinski definition) is 0. The van der Waals surface area contributed by atoms with Gasteiger partial charge >= 0.3 is 11.9 Å². The molecule has 0 aromatic heterocycles. The minimum Gasteiger partial charge on any atom is -0.462 e. The normalized spacial score (nSPS) is 8.62. The second-order valence-electron chi connectivity index (χ2n) is 3.02. The van der Waals surface area contributed by atoms with Crippen LogP contribution in [0.4, 0.5) is 0 Å². The fourth-order valence-electron chi connectivity index (χ4n) is 0.667. The molecule has 6 heteroatoms. The molecule has 0 atom stereocenters. The van der Waals surface area contributed by atoms with E-state index in [0.717, 1.165) is 0 Å². The number of ketones is 1. The second kappa shape index (κ2) is 9.46. The molecule has 0 N–H and O–H groups in total. The van der Waals surface area contributed by atoms with Crippen LogP contribution in [0.3, 0.4) is 0 Å². The number of ether oxygens (including phenoxy) is 2. The summed E-state index contributed by atoms with van der Waals surface area (Å²) in [7, 11) is 0. The fraction of sp³-hybridized carbons (Fsp3) is 0.500. The van der Waals surface area contributed by atoms with Crippen molar-refractivity contribution in [2.45, 2.75) is 20.3 Å². The van der Waals surface area contributed by atoms with Crippen LogP contribution in [0, 0.1) is 0 Å².